The number of carbonyl (C=O) groups is 1. The van der Waals surface area contributed by atoms with Crippen LogP contribution in [-0.2, 0) is 17.6 Å². The van der Waals surface area contributed by atoms with E-state index in [0.29, 0.717) is 12.5 Å². The number of piperazine rings is 1. The van der Waals surface area contributed by atoms with E-state index >= 15 is 0 Å². The van der Waals surface area contributed by atoms with Crippen LogP contribution < -0.4 is 11.1 Å². The maximum atomic E-state index is 13.1. The molecule has 1 heterocycles. The van der Waals surface area contributed by atoms with E-state index in [9.17, 15) is 4.79 Å². The van der Waals surface area contributed by atoms with Gasteiger partial charge in [0.2, 0.25) is 5.91 Å². The second-order valence-corrected chi connectivity index (χ2v) is 8.72. The van der Waals surface area contributed by atoms with E-state index < -0.39 is 5.54 Å². The number of nitrogens with two attached hydrogens (primary N) is 1. The number of amides is 1. The molecule has 2 aromatic carbocycles. The number of rotatable bonds is 4. The molecule has 0 saturated carbocycles. The number of nitrogens with one attached hydrogen (secondary N) is 1. The summed E-state index contributed by atoms with van der Waals surface area (Å²) in [6.45, 7) is 9.05. The minimum absolute atomic E-state index is 0.0766. The standard InChI is InChI=1S/C24H31N3O/c1-16-10-17(2)12-19(11-16)13-22-21-7-5-4-6-20(21)14-24(22,23(25)28)27-9-8-26-18(3)15-27/h4-7,10-12,18,22,26H,8-9,13-15H2,1-3H3,(H2,25,28). The lowest BCUT2D eigenvalue weighted by atomic mass is 9.77. The van der Waals surface area contributed by atoms with Crippen LogP contribution in [0.15, 0.2) is 42.5 Å². The van der Waals surface area contributed by atoms with Crippen LogP contribution in [0, 0.1) is 13.8 Å². The first-order chi connectivity index (χ1) is 13.4. The lowest BCUT2D eigenvalue weighted by Gasteiger charge is -2.47. The number of carbonyl (C=O) groups excluding carboxylic acids is 1. The topological polar surface area (TPSA) is 58.4 Å². The van der Waals surface area contributed by atoms with Crippen molar-refractivity contribution in [3.63, 3.8) is 0 Å². The first-order valence-corrected chi connectivity index (χ1v) is 10.3. The maximum Gasteiger partial charge on any atom is 0.238 e. The molecule has 1 saturated heterocycles. The first kappa shape index (κ1) is 19.2. The van der Waals surface area contributed by atoms with Gasteiger partial charge in [-0.2, -0.15) is 0 Å². The molecule has 4 nitrogen and oxygen atoms in total. The van der Waals surface area contributed by atoms with E-state index in [1.165, 1.54) is 27.8 Å². The summed E-state index contributed by atoms with van der Waals surface area (Å²) in [5.74, 6) is -0.111. The van der Waals surface area contributed by atoms with Crippen LogP contribution in [0.1, 0.15) is 40.7 Å². The van der Waals surface area contributed by atoms with Crippen molar-refractivity contribution in [2.75, 3.05) is 19.6 Å². The number of benzene rings is 2. The van der Waals surface area contributed by atoms with Crippen molar-refractivity contribution in [2.45, 2.75) is 51.1 Å². The molecule has 2 aliphatic rings. The van der Waals surface area contributed by atoms with Crippen LogP contribution in [0.3, 0.4) is 0 Å². The zero-order valence-corrected chi connectivity index (χ0v) is 17.2. The molecule has 1 fully saturated rings. The van der Waals surface area contributed by atoms with Gasteiger partial charge in [0.05, 0.1) is 0 Å². The molecule has 1 aliphatic carbocycles. The van der Waals surface area contributed by atoms with Crippen LogP contribution >= 0.6 is 0 Å². The normalized spacial score (nSPS) is 27.5. The zero-order chi connectivity index (χ0) is 19.9. The molecule has 3 unspecified atom stereocenters. The molecule has 2 aromatic rings. The molecule has 28 heavy (non-hydrogen) atoms. The fraction of sp³-hybridized carbons (Fsp3) is 0.458. The lowest BCUT2D eigenvalue weighted by molar-refractivity contribution is -0.132. The lowest BCUT2D eigenvalue weighted by Crippen LogP contribution is -2.66. The summed E-state index contributed by atoms with van der Waals surface area (Å²) in [6.07, 6.45) is 1.54. The molecule has 1 amide bonds. The smallest absolute Gasteiger partial charge is 0.238 e. The Balaban J connectivity index is 1.80. The molecule has 0 spiro atoms. The van der Waals surface area contributed by atoms with E-state index in [4.69, 9.17) is 5.73 Å². The Morgan fingerprint density at radius 2 is 1.93 bits per heavy atom. The Bertz CT molecular complexity index is 873. The molecule has 1 aliphatic heterocycles. The van der Waals surface area contributed by atoms with Gasteiger partial charge in [-0.15, -0.1) is 0 Å². The van der Waals surface area contributed by atoms with Crippen LogP contribution in [0.25, 0.3) is 0 Å². The highest BCUT2D eigenvalue weighted by Gasteiger charge is 2.54. The first-order valence-electron chi connectivity index (χ1n) is 10.3. The summed E-state index contributed by atoms with van der Waals surface area (Å²) in [5, 5.41) is 3.50. The van der Waals surface area contributed by atoms with Crippen molar-refractivity contribution in [3.05, 3.63) is 70.3 Å². The molecule has 4 heteroatoms. The number of hydrogen-bond acceptors (Lipinski definition) is 3. The van der Waals surface area contributed by atoms with Gasteiger partial charge in [0.1, 0.15) is 5.54 Å². The highest BCUT2D eigenvalue weighted by molar-refractivity contribution is 5.88. The maximum absolute atomic E-state index is 13.1. The van der Waals surface area contributed by atoms with Crippen molar-refractivity contribution in [3.8, 4) is 0 Å². The molecule has 3 N–H and O–H groups in total. The number of nitrogens with zero attached hydrogens (tertiary/aromatic N) is 1. The third kappa shape index (κ3) is 3.25. The summed E-state index contributed by atoms with van der Waals surface area (Å²) >= 11 is 0. The molecule has 0 radical (unpaired) electrons. The van der Waals surface area contributed by atoms with Crippen LogP contribution in [-0.4, -0.2) is 42.0 Å². The van der Waals surface area contributed by atoms with Gasteiger partial charge in [-0.05, 0) is 43.9 Å². The highest BCUT2D eigenvalue weighted by Crippen LogP contribution is 2.46. The largest absolute Gasteiger partial charge is 0.368 e. The predicted octanol–water partition coefficient (Wildman–Crippen LogP) is 2.70. The van der Waals surface area contributed by atoms with Crippen LogP contribution in [0.5, 0.6) is 0 Å². The average Bonchev–Trinajstić information content (AvgIpc) is 2.96. The summed E-state index contributed by atoms with van der Waals surface area (Å²) in [6, 6.07) is 15.6. The molecule has 3 atom stereocenters. The third-order valence-corrected chi connectivity index (χ3v) is 6.55. The van der Waals surface area contributed by atoms with Crippen LogP contribution in [0.2, 0.25) is 0 Å². The van der Waals surface area contributed by atoms with Gasteiger partial charge in [0.25, 0.3) is 0 Å². The fourth-order valence-corrected chi connectivity index (χ4v) is 5.45. The van der Waals surface area contributed by atoms with Crippen molar-refractivity contribution in [2.24, 2.45) is 5.73 Å². The van der Waals surface area contributed by atoms with Gasteiger partial charge in [-0.1, -0.05) is 53.6 Å². The second kappa shape index (κ2) is 7.34. The molecular formula is C24H31N3O. The Hall–Kier alpha value is -2.17. The highest BCUT2D eigenvalue weighted by atomic mass is 16.1. The van der Waals surface area contributed by atoms with E-state index in [1.54, 1.807) is 0 Å². The average molecular weight is 378 g/mol. The molecule has 0 aromatic heterocycles. The van der Waals surface area contributed by atoms with Crippen molar-refractivity contribution >= 4 is 5.91 Å². The van der Waals surface area contributed by atoms with Crippen molar-refractivity contribution in [1.82, 2.24) is 10.2 Å². The monoisotopic (exact) mass is 377 g/mol. The van der Waals surface area contributed by atoms with Crippen LogP contribution in [0.4, 0.5) is 0 Å². The third-order valence-electron chi connectivity index (χ3n) is 6.55. The number of fused-ring (bicyclic) bond motifs is 1. The van der Waals surface area contributed by atoms with E-state index in [2.05, 4.69) is 73.5 Å². The van der Waals surface area contributed by atoms with Crippen molar-refractivity contribution < 1.29 is 4.79 Å². The molecule has 0 bridgehead atoms. The number of aryl methyl sites for hydroxylation is 2. The van der Waals surface area contributed by atoms with Gasteiger partial charge in [-0.3, -0.25) is 9.69 Å². The number of hydrogen-bond donors (Lipinski definition) is 2. The van der Waals surface area contributed by atoms with Crippen molar-refractivity contribution in [1.29, 1.82) is 0 Å². The second-order valence-electron chi connectivity index (χ2n) is 8.72. The predicted molar refractivity (Wildman–Crippen MR) is 113 cm³/mol. The fourth-order valence-electron chi connectivity index (χ4n) is 5.45. The Labute approximate surface area is 168 Å². The Morgan fingerprint density at radius 1 is 1.21 bits per heavy atom. The van der Waals surface area contributed by atoms with Gasteiger partial charge < -0.3 is 11.1 Å². The molecular weight excluding hydrogens is 346 g/mol. The van der Waals surface area contributed by atoms with E-state index in [1.807, 2.05) is 0 Å². The minimum Gasteiger partial charge on any atom is -0.368 e. The molecule has 148 valence electrons. The SMILES string of the molecule is Cc1cc(C)cc(CC2c3ccccc3CC2(C(N)=O)N2CCNC(C)C2)c1. The summed E-state index contributed by atoms with van der Waals surface area (Å²) in [4.78, 5) is 15.5. The number of primary amides is 1. The summed E-state index contributed by atoms with van der Waals surface area (Å²) < 4.78 is 0. The minimum atomic E-state index is -0.655. The van der Waals surface area contributed by atoms with Gasteiger partial charge in [-0.25, -0.2) is 0 Å². The van der Waals surface area contributed by atoms with Gasteiger partial charge in [0, 0.05) is 38.0 Å². The van der Waals surface area contributed by atoms with Gasteiger partial charge >= 0.3 is 0 Å². The zero-order valence-electron chi connectivity index (χ0n) is 17.2. The summed E-state index contributed by atoms with van der Waals surface area (Å²) in [5.41, 5.74) is 11.9. The summed E-state index contributed by atoms with van der Waals surface area (Å²) in [7, 11) is 0. The quantitative estimate of drug-likeness (QED) is 0.861. The molecule has 4 rings (SSSR count). The van der Waals surface area contributed by atoms with E-state index in [-0.39, 0.29) is 11.8 Å². The Kier molecular flexibility index (Phi) is 5.02. The Morgan fingerprint density at radius 3 is 2.61 bits per heavy atom. The van der Waals surface area contributed by atoms with E-state index in [0.717, 1.165) is 26.1 Å². The van der Waals surface area contributed by atoms with Gasteiger partial charge in [0.15, 0.2) is 0 Å².